The quantitative estimate of drug-likeness (QED) is 0.908. The molecule has 1 amide bonds. The number of rotatable bonds is 3. The second kappa shape index (κ2) is 5.54. The molecule has 2 aromatic carbocycles. The van der Waals surface area contributed by atoms with Gasteiger partial charge in [0.2, 0.25) is 0 Å². The van der Waals surface area contributed by atoms with Gasteiger partial charge in [0.1, 0.15) is 6.10 Å². The Morgan fingerprint density at radius 3 is 2.52 bits per heavy atom. The highest BCUT2D eigenvalue weighted by atomic mass is 16.5. The number of ether oxygens (including phenoxy) is 1. The van der Waals surface area contributed by atoms with Crippen LogP contribution >= 0.6 is 0 Å². The molecular weight excluding hydrogens is 270 g/mol. The molecule has 3 rings (SSSR count). The van der Waals surface area contributed by atoms with Gasteiger partial charge in [-0.1, -0.05) is 36.4 Å². The molecule has 0 saturated carbocycles. The zero-order valence-corrected chi connectivity index (χ0v) is 11.3. The highest BCUT2D eigenvalue weighted by molar-refractivity contribution is 6.03. The summed E-state index contributed by atoms with van der Waals surface area (Å²) in [5.74, 6) is -1.31. The lowest BCUT2D eigenvalue weighted by Crippen LogP contribution is -2.30. The van der Waals surface area contributed by atoms with Gasteiger partial charge in [-0.25, -0.2) is 4.79 Å². The van der Waals surface area contributed by atoms with Gasteiger partial charge in [-0.15, -0.1) is 0 Å². The number of carbonyl (C=O) groups is 2. The second-order valence-corrected chi connectivity index (χ2v) is 5.04. The van der Waals surface area contributed by atoms with Gasteiger partial charge in [-0.05, 0) is 24.3 Å². The van der Waals surface area contributed by atoms with Crippen LogP contribution < -0.4 is 5.32 Å². The monoisotopic (exact) mass is 285 g/mol. The highest BCUT2D eigenvalue weighted by Gasteiger charge is 2.34. The van der Waals surface area contributed by atoms with Crippen LogP contribution in [0.3, 0.4) is 0 Å². The highest BCUT2D eigenvalue weighted by Crippen LogP contribution is 2.25. The van der Waals surface area contributed by atoms with E-state index in [2.05, 4.69) is 5.32 Å². The van der Waals surface area contributed by atoms with Crippen molar-refractivity contribution in [2.45, 2.75) is 25.0 Å². The normalized spacial score (nSPS) is 21.3. The summed E-state index contributed by atoms with van der Waals surface area (Å²) in [4.78, 5) is 23.0. The molecule has 1 aliphatic heterocycles. The SMILES string of the molecule is O=C(O)C1CCC(C(=O)Nc2cccc3ccccc23)O1. The third-order valence-electron chi connectivity index (χ3n) is 3.63. The number of carboxylic acids is 1. The van der Waals surface area contributed by atoms with E-state index >= 15 is 0 Å². The van der Waals surface area contributed by atoms with E-state index in [9.17, 15) is 9.59 Å². The molecule has 5 nitrogen and oxygen atoms in total. The molecule has 0 spiro atoms. The van der Waals surface area contributed by atoms with Gasteiger partial charge in [0.15, 0.2) is 6.10 Å². The Hall–Kier alpha value is -2.40. The maximum atomic E-state index is 12.2. The molecule has 2 unspecified atom stereocenters. The maximum absolute atomic E-state index is 12.2. The van der Waals surface area contributed by atoms with Crippen LogP contribution in [0.2, 0.25) is 0 Å². The number of aliphatic carboxylic acids is 1. The van der Waals surface area contributed by atoms with Crippen LogP contribution in [-0.4, -0.2) is 29.2 Å². The molecule has 5 heteroatoms. The zero-order chi connectivity index (χ0) is 14.8. The van der Waals surface area contributed by atoms with Crippen molar-refractivity contribution in [1.82, 2.24) is 0 Å². The van der Waals surface area contributed by atoms with E-state index in [-0.39, 0.29) is 5.91 Å². The number of amides is 1. The zero-order valence-electron chi connectivity index (χ0n) is 11.3. The van der Waals surface area contributed by atoms with Crippen LogP contribution in [0.1, 0.15) is 12.8 Å². The molecule has 0 radical (unpaired) electrons. The number of hydrogen-bond donors (Lipinski definition) is 2. The summed E-state index contributed by atoms with van der Waals surface area (Å²) in [7, 11) is 0. The molecule has 1 fully saturated rings. The largest absolute Gasteiger partial charge is 0.479 e. The van der Waals surface area contributed by atoms with Gasteiger partial charge in [0.25, 0.3) is 5.91 Å². The minimum atomic E-state index is -1.02. The van der Waals surface area contributed by atoms with Crippen LogP contribution in [0.15, 0.2) is 42.5 Å². The molecule has 2 aromatic rings. The average Bonchev–Trinajstić information content (AvgIpc) is 2.98. The van der Waals surface area contributed by atoms with Gasteiger partial charge < -0.3 is 15.2 Å². The molecule has 0 aromatic heterocycles. The van der Waals surface area contributed by atoms with Gasteiger partial charge in [0, 0.05) is 11.1 Å². The Balaban J connectivity index is 1.77. The third-order valence-corrected chi connectivity index (χ3v) is 3.63. The Bertz CT molecular complexity index is 692. The molecule has 1 saturated heterocycles. The second-order valence-electron chi connectivity index (χ2n) is 5.04. The van der Waals surface area contributed by atoms with Crippen molar-refractivity contribution in [3.05, 3.63) is 42.5 Å². The predicted octanol–water partition coefficient (Wildman–Crippen LogP) is 2.41. The molecular formula is C16H15NO4. The Labute approximate surface area is 121 Å². The van der Waals surface area contributed by atoms with E-state index in [0.717, 1.165) is 10.8 Å². The number of nitrogens with one attached hydrogen (secondary N) is 1. The summed E-state index contributed by atoms with van der Waals surface area (Å²) >= 11 is 0. The molecule has 2 N–H and O–H groups in total. The maximum Gasteiger partial charge on any atom is 0.332 e. The molecule has 21 heavy (non-hydrogen) atoms. The molecule has 1 heterocycles. The fourth-order valence-electron chi connectivity index (χ4n) is 2.56. The first-order valence-electron chi connectivity index (χ1n) is 6.82. The number of benzene rings is 2. The first kappa shape index (κ1) is 13.6. The van der Waals surface area contributed by atoms with Crippen molar-refractivity contribution in [1.29, 1.82) is 0 Å². The number of anilines is 1. The lowest BCUT2D eigenvalue weighted by Gasteiger charge is -2.13. The summed E-state index contributed by atoms with van der Waals surface area (Å²) in [6.45, 7) is 0. The van der Waals surface area contributed by atoms with E-state index in [0.29, 0.717) is 18.5 Å². The van der Waals surface area contributed by atoms with Crippen LogP contribution in [-0.2, 0) is 14.3 Å². The minimum absolute atomic E-state index is 0.296. The Morgan fingerprint density at radius 2 is 1.76 bits per heavy atom. The predicted molar refractivity (Wildman–Crippen MR) is 78.1 cm³/mol. The topological polar surface area (TPSA) is 75.6 Å². The van der Waals surface area contributed by atoms with Crippen molar-refractivity contribution in [2.75, 3.05) is 5.32 Å². The van der Waals surface area contributed by atoms with Gasteiger partial charge >= 0.3 is 5.97 Å². The number of fused-ring (bicyclic) bond motifs is 1. The van der Waals surface area contributed by atoms with Crippen LogP contribution in [0.4, 0.5) is 5.69 Å². The van der Waals surface area contributed by atoms with Crippen LogP contribution in [0, 0.1) is 0 Å². The molecule has 0 bridgehead atoms. The summed E-state index contributed by atoms with van der Waals surface area (Å²) < 4.78 is 5.26. The smallest absolute Gasteiger partial charge is 0.332 e. The fourth-order valence-corrected chi connectivity index (χ4v) is 2.56. The Kier molecular flexibility index (Phi) is 3.58. The van der Waals surface area contributed by atoms with Gasteiger partial charge in [-0.3, -0.25) is 4.79 Å². The standard InChI is InChI=1S/C16H15NO4/c18-15(13-8-9-14(21-13)16(19)20)17-12-7-3-5-10-4-1-2-6-11(10)12/h1-7,13-14H,8-9H2,(H,17,18)(H,19,20). The van der Waals surface area contributed by atoms with Crippen molar-refractivity contribution < 1.29 is 19.4 Å². The number of carboxylic acid groups (broad SMARTS) is 1. The van der Waals surface area contributed by atoms with Crippen molar-refractivity contribution in [2.24, 2.45) is 0 Å². The van der Waals surface area contributed by atoms with E-state index in [1.807, 2.05) is 42.5 Å². The summed E-state index contributed by atoms with van der Waals surface area (Å²) in [6, 6.07) is 13.4. The average molecular weight is 285 g/mol. The first-order valence-corrected chi connectivity index (χ1v) is 6.82. The van der Waals surface area contributed by atoms with Crippen molar-refractivity contribution in [3.8, 4) is 0 Å². The Morgan fingerprint density at radius 1 is 1.05 bits per heavy atom. The summed E-state index contributed by atoms with van der Waals surface area (Å²) in [6.07, 6.45) is -0.797. The molecule has 0 aliphatic carbocycles. The minimum Gasteiger partial charge on any atom is -0.479 e. The third kappa shape index (κ3) is 2.73. The first-order chi connectivity index (χ1) is 10.1. The van der Waals surface area contributed by atoms with Crippen molar-refractivity contribution in [3.63, 3.8) is 0 Å². The van der Waals surface area contributed by atoms with Gasteiger partial charge in [0.05, 0.1) is 0 Å². The van der Waals surface area contributed by atoms with Gasteiger partial charge in [-0.2, -0.15) is 0 Å². The van der Waals surface area contributed by atoms with E-state index < -0.39 is 18.2 Å². The lowest BCUT2D eigenvalue weighted by molar-refractivity contribution is -0.150. The molecule has 108 valence electrons. The van der Waals surface area contributed by atoms with E-state index in [4.69, 9.17) is 9.84 Å². The summed E-state index contributed by atoms with van der Waals surface area (Å²) in [5, 5.41) is 13.7. The van der Waals surface area contributed by atoms with E-state index in [1.165, 1.54) is 0 Å². The summed E-state index contributed by atoms with van der Waals surface area (Å²) in [5.41, 5.74) is 0.709. The molecule has 2 atom stereocenters. The van der Waals surface area contributed by atoms with Crippen LogP contribution in [0.25, 0.3) is 10.8 Å². The molecule has 1 aliphatic rings. The number of hydrogen-bond acceptors (Lipinski definition) is 3. The van der Waals surface area contributed by atoms with Crippen LogP contribution in [0.5, 0.6) is 0 Å². The number of carbonyl (C=O) groups excluding carboxylic acids is 1. The lowest BCUT2D eigenvalue weighted by atomic mass is 10.1. The van der Waals surface area contributed by atoms with E-state index in [1.54, 1.807) is 0 Å². The fraction of sp³-hybridized carbons (Fsp3) is 0.250. The van der Waals surface area contributed by atoms with Crippen molar-refractivity contribution >= 4 is 28.3 Å².